The van der Waals surface area contributed by atoms with Gasteiger partial charge in [-0.25, -0.2) is 4.79 Å². The highest BCUT2D eigenvalue weighted by molar-refractivity contribution is 5.81. The molecule has 4 heteroatoms. The molecule has 0 aliphatic carbocycles. The summed E-state index contributed by atoms with van der Waals surface area (Å²) in [6.45, 7) is 0. The summed E-state index contributed by atoms with van der Waals surface area (Å²) in [6, 6.07) is 21.9. The van der Waals surface area contributed by atoms with Crippen molar-refractivity contribution in [3.63, 3.8) is 0 Å². The van der Waals surface area contributed by atoms with Gasteiger partial charge in [-0.2, -0.15) is 0 Å². The third-order valence-electron chi connectivity index (χ3n) is 3.88. The van der Waals surface area contributed by atoms with Crippen molar-refractivity contribution in [2.45, 2.75) is 0 Å². The zero-order valence-corrected chi connectivity index (χ0v) is 12.7. The third-order valence-corrected chi connectivity index (χ3v) is 3.88. The molecule has 0 bridgehead atoms. The van der Waals surface area contributed by atoms with Crippen LogP contribution in [-0.2, 0) is 0 Å². The fourth-order valence-electron chi connectivity index (χ4n) is 2.74. The summed E-state index contributed by atoms with van der Waals surface area (Å²) in [4.78, 5) is 27.1. The molecule has 4 rings (SSSR count). The molecular formula is C20H13NO3. The topological polar surface area (TPSA) is 63.1 Å². The quantitative estimate of drug-likeness (QED) is 0.572. The molecule has 116 valence electrons. The van der Waals surface area contributed by atoms with Gasteiger partial charge >= 0.3 is 5.63 Å². The summed E-state index contributed by atoms with van der Waals surface area (Å²) < 4.78 is 5.36. The fourth-order valence-corrected chi connectivity index (χ4v) is 2.74. The highest BCUT2D eigenvalue weighted by Crippen LogP contribution is 2.23. The normalized spacial score (nSPS) is 10.8. The molecule has 2 heterocycles. The van der Waals surface area contributed by atoms with Crippen molar-refractivity contribution in [3.8, 4) is 22.4 Å². The van der Waals surface area contributed by atoms with Crippen LogP contribution in [-0.4, -0.2) is 4.98 Å². The Balaban J connectivity index is 1.94. The Labute approximate surface area is 137 Å². The van der Waals surface area contributed by atoms with Crippen LogP contribution in [0.4, 0.5) is 0 Å². The molecule has 0 atom stereocenters. The maximum absolute atomic E-state index is 12.3. The molecule has 0 fully saturated rings. The van der Waals surface area contributed by atoms with Gasteiger partial charge in [0, 0.05) is 11.5 Å². The first-order chi connectivity index (χ1) is 11.7. The van der Waals surface area contributed by atoms with E-state index in [1.807, 2.05) is 48.5 Å². The number of benzene rings is 2. The molecule has 2 aromatic heterocycles. The first-order valence-corrected chi connectivity index (χ1v) is 7.54. The van der Waals surface area contributed by atoms with Crippen LogP contribution in [0.3, 0.4) is 0 Å². The lowest BCUT2D eigenvalue weighted by atomic mass is 10.0. The van der Waals surface area contributed by atoms with Crippen molar-refractivity contribution in [2.75, 3.05) is 0 Å². The van der Waals surface area contributed by atoms with Crippen molar-refractivity contribution >= 4 is 11.0 Å². The van der Waals surface area contributed by atoms with Crippen molar-refractivity contribution in [1.29, 1.82) is 0 Å². The minimum absolute atomic E-state index is 0.265. The van der Waals surface area contributed by atoms with Crippen LogP contribution < -0.4 is 11.2 Å². The minimum Gasteiger partial charge on any atom is -0.422 e. The molecular weight excluding hydrogens is 302 g/mol. The van der Waals surface area contributed by atoms with Gasteiger partial charge in [0.2, 0.25) is 5.56 Å². The van der Waals surface area contributed by atoms with Gasteiger partial charge in [-0.3, -0.25) is 4.79 Å². The van der Waals surface area contributed by atoms with Gasteiger partial charge in [0.1, 0.15) is 5.58 Å². The number of nitrogens with one attached hydrogen (secondary N) is 1. The van der Waals surface area contributed by atoms with Crippen LogP contribution in [0.2, 0.25) is 0 Å². The predicted molar refractivity (Wildman–Crippen MR) is 94.0 cm³/mol. The average Bonchev–Trinajstić information content (AvgIpc) is 2.61. The fraction of sp³-hybridized carbons (Fsp3) is 0. The first-order valence-electron chi connectivity index (χ1n) is 7.54. The van der Waals surface area contributed by atoms with Gasteiger partial charge < -0.3 is 9.40 Å². The second-order valence-electron chi connectivity index (χ2n) is 5.50. The molecule has 0 saturated carbocycles. The Hall–Kier alpha value is -3.40. The van der Waals surface area contributed by atoms with E-state index in [2.05, 4.69) is 4.98 Å². The molecule has 0 unspecified atom stereocenters. The van der Waals surface area contributed by atoms with E-state index in [0.717, 1.165) is 16.5 Å². The summed E-state index contributed by atoms with van der Waals surface area (Å²) in [5.41, 5.74) is 2.22. The maximum atomic E-state index is 12.3. The summed E-state index contributed by atoms with van der Waals surface area (Å²) in [7, 11) is 0. The Morgan fingerprint density at radius 3 is 2.33 bits per heavy atom. The molecule has 4 aromatic rings. The maximum Gasteiger partial charge on any atom is 0.345 e. The van der Waals surface area contributed by atoms with E-state index in [0.29, 0.717) is 16.8 Å². The highest BCUT2D eigenvalue weighted by atomic mass is 16.4. The second-order valence-corrected chi connectivity index (χ2v) is 5.50. The van der Waals surface area contributed by atoms with Crippen molar-refractivity contribution in [3.05, 3.63) is 93.6 Å². The molecule has 0 aliphatic rings. The van der Waals surface area contributed by atoms with Crippen LogP contribution >= 0.6 is 0 Å². The van der Waals surface area contributed by atoms with E-state index >= 15 is 0 Å². The van der Waals surface area contributed by atoms with Gasteiger partial charge in [-0.05, 0) is 29.3 Å². The van der Waals surface area contributed by atoms with Gasteiger partial charge in [0.25, 0.3) is 0 Å². The summed E-state index contributed by atoms with van der Waals surface area (Å²) >= 11 is 0. The standard InChI is InChI=1S/C20H13NO3/c22-19-12-15(13-6-2-1-3-7-13)11-17(21-19)16-10-14-8-4-5-9-18(14)24-20(16)23/h1-12H,(H,21,22). The first kappa shape index (κ1) is 14.2. The molecule has 2 aromatic carbocycles. The predicted octanol–water partition coefficient (Wildman–Crippen LogP) is 3.82. The molecule has 0 aliphatic heterocycles. The number of pyridine rings is 1. The van der Waals surface area contributed by atoms with E-state index in [9.17, 15) is 9.59 Å². The zero-order valence-electron chi connectivity index (χ0n) is 12.7. The number of para-hydroxylation sites is 1. The van der Waals surface area contributed by atoms with E-state index in [-0.39, 0.29) is 5.56 Å². The van der Waals surface area contributed by atoms with Gasteiger partial charge in [0.15, 0.2) is 0 Å². The molecule has 0 amide bonds. The summed E-state index contributed by atoms with van der Waals surface area (Å²) in [6.07, 6.45) is 0. The number of hydrogen-bond donors (Lipinski definition) is 1. The van der Waals surface area contributed by atoms with Crippen molar-refractivity contribution in [1.82, 2.24) is 4.98 Å². The number of H-pyrrole nitrogens is 1. The van der Waals surface area contributed by atoms with E-state index in [1.54, 1.807) is 18.2 Å². The molecule has 1 N–H and O–H groups in total. The van der Waals surface area contributed by atoms with Gasteiger partial charge in [0.05, 0.1) is 11.3 Å². The van der Waals surface area contributed by atoms with E-state index in [1.165, 1.54) is 6.07 Å². The Morgan fingerprint density at radius 1 is 0.750 bits per heavy atom. The number of aromatic amines is 1. The summed E-state index contributed by atoms with van der Waals surface area (Å²) in [5.74, 6) is 0. The smallest absolute Gasteiger partial charge is 0.345 e. The molecule has 4 nitrogen and oxygen atoms in total. The Morgan fingerprint density at radius 2 is 1.50 bits per heavy atom. The second kappa shape index (κ2) is 5.66. The summed E-state index contributed by atoms with van der Waals surface area (Å²) in [5, 5.41) is 0.804. The van der Waals surface area contributed by atoms with Crippen molar-refractivity contribution < 1.29 is 4.42 Å². The molecule has 24 heavy (non-hydrogen) atoms. The molecule has 0 saturated heterocycles. The van der Waals surface area contributed by atoms with Crippen LogP contribution in [0.5, 0.6) is 0 Å². The average molecular weight is 315 g/mol. The Kier molecular flexibility index (Phi) is 3.35. The highest BCUT2D eigenvalue weighted by Gasteiger charge is 2.10. The number of rotatable bonds is 2. The number of hydrogen-bond acceptors (Lipinski definition) is 3. The van der Waals surface area contributed by atoms with Gasteiger partial charge in [-0.1, -0.05) is 48.5 Å². The van der Waals surface area contributed by atoms with Crippen LogP contribution in [0.15, 0.2) is 86.8 Å². The lowest BCUT2D eigenvalue weighted by Gasteiger charge is -2.06. The third kappa shape index (κ3) is 2.54. The number of fused-ring (bicyclic) bond motifs is 1. The monoisotopic (exact) mass is 315 g/mol. The largest absolute Gasteiger partial charge is 0.422 e. The van der Waals surface area contributed by atoms with Crippen LogP contribution in [0, 0.1) is 0 Å². The molecule has 0 radical (unpaired) electrons. The van der Waals surface area contributed by atoms with Crippen molar-refractivity contribution in [2.24, 2.45) is 0 Å². The van der Waals surface area contributed by atoms with Crippen LogP contribution in [0.25, 0.3) is 33.4 Å². The van der Waals surface area contributed by atoms with E-state index < -0.39 is 5.63 Å². The van der Waals surface area contributed by atoms with E-state index in [4.69, 9.17) is 4.42 Å². The van der Waals surface area contributed by atoms with Gasteiger partial charge in [-0.15, -0.1) is 0 Å². The van der Waals surface area contributed by atoms with Crippen LogP contribution in [0.1, 0.15) is 0 Å². The lowest BCUT2D eigenvalue weighted by molar-refractivity contribution is 0.563. The number of aromatic nitrogens is 1. The SMILES string of the molecule is O=c1cc(-c2ccccc2)cc(-c2cc3ccccc3oc2=O)[nH]1. The lowest BCUT2D eigenvalue weighted by Crippen LogP contribution is -2.10. The molecule has 0 spiro atoms. The zero-order chi connectivity index (χ0) is 16.5. The minimum atomic E-state index is -0.477. The Bertz CT molecular complexity index is 1140.